The molecule has 1 fully saturated rings. The van der Waals surface area contributed by atoms with Crippen LogP contribution in [0.2, 0.25) is 0 Å². The van der Waals surface area contributed by atoms with Crippen LogP contribution in [0, 0.1) is 11.3 Å². The molecule has 2 amide bonds. The first-order chi connectivity index (χ1) is 8.75. The Bertz CT molecular complexity index is 336. The quantitative estimate of drug-likeness (QED) is 0.852. The Morgan fingerprint density at radius 1 is 1.37 bits per heavy atom. The van der Waals surface area contributed by atoms with E-state index in [1.54, 1.807) is 4.90 Å². The number of nitrogens with zero attached hydrogens (tertiary/aromatic N) is 2. The van der Waals surface area contributed by atoms with E-state index in [4.69, 9.17) is 5.11 Å². The highest BCUT2D eigenvalue weighted by atomic mass is 16.4. The first kappa shape index (κ1) is 15.8. The average Bonchev–Trinajstić information content (AvgIpc) is 2.75. The summed E-state index contributed by atoms with van der Waals surface area (Å²) in [6.07, 6.45) is 1.78. The molecule has 5 nitrogen and oxygen atoms in total. The molecule has 0 bridgehead atoms. The van der Waals surface area contributed by atoms with E-state index in [1.165, 1.54) is 4.90 Å². The molecule has 1 atom stereocenters. The number of rotatable bonds is 4. The second-order valence-corrected chi connectivity index (χ2v) is 6.40. The number of hydrogen-bond acceptors (Lipinski definition) is 2. The normalized spacial score (nSPS) is 19.6. The van der Waals surface area contributed by atoms with Crippen molar-refractivity contribution in [1.29, 1.82) is 0 Å². The maximum Gasteiger partial charge on any atom is 0.323 e. The van der Waals surface area contributed by atoms with Crippen molar-refractivity contribution in [2.45, 2.75) is 40.5 Å². The maximum absolute atomic E-state index is 12.3. The van der Waals surface area contributed by atoms with Crippen molar-refractivity contribution in [3.63, 3.8) is 0 Å². The molecule has 1 N–H and O–H groups in total. The standard InChI is InChI=1S/C14H26N2O3/c1-5-7-15(10-12(17)18)13(19)16-8-6-11(9-16)14(2,3)4/h11H,5-10H2,1-4H3,(H,17,18). The van der Waals surface area contributed by atoms with Gasteiger partial charge < -0.3 is 14.9 Å². The fourth-order valence-electron chi connectivity index (χ4n) is 2.52. The highest BCUT2D eigenvalue weighted by Gasteiger charge is 2.35. The summed E-state index contributed by atoms with van der Waals surface area (Å²) in [5.41, 5.74) is 0.192. The third kappa shape index (κ3) is 4.40. The van der Waals surface area contributed by atoms with Gasteiger partial charge in [-0.1, -0.05) is 27.7 Å². The van der Waals surface area contributed by atoms with Crippen LogP contribution < -0.4 is 0 Å². The molecule has 5 heteroatoms. The molecule has 19 heavy (non-hydrogen) atoms. The molecule has 0 aromatic heterocycles. The van der Waals surface area contributed by atoms with Gasteiger partial charge in [-0.3, -0.25) is 4.79 Å². The van der Waals surface area contributed by atoms with Crippen LogP contribution in [0.25, 0.3) is 0 Å². The zero-order valence-electron chi connectivity index (χ0n) is 12.5. The fraction of sp³-hybridized carbons (Fsp3) is 0.857. The lowest BCUT2D eigenvalue weighted by Gasteiger charge is -2.29. The zero-order chi connectivity index (χ0) is 14.6. The zero-order valence-corrected chi connectivity index (χ0v) is 12.5. The van der Waals surface area contributed by atoms with Crippen molar-refractivity contribution in [2.75, 3.05) is 26.2 Å². The van der Waals surface area contributed by atoms with Crippen LogP contribution in [0.3, 0.4) is 0 Å². The summed E-state index contributed by atoms with van der Waals surface area (Å²) in [5, 5.41) is 8.87. The van der Waals surface area contributed by atoms with Gasteiger partial charge in [-0.05, 0) is 24.2 Å². The van der Waals surface area contributed by atoms with Gasteiger partial charge in [0.15, 0.2) is 0 Å². The predicted octanol–water partition coefficient (Wildman–Crippen LogP) is 2.27. The van der Waals surface area contributed by atoms with Crippen LogP contribution >= 0.6 is 0 Å². The second-order valence-electron chi connectivity index (χ2n) is 6.40. The summed E-state index contributed by atoms with van der Waals surface area (Å²) in [6.45, 7) is 10.3. The number of carboxylic acid groups (broad SMARTS) is 1. The Labute approximate surface area is 115 Å². The van der Waals surface area contributed by atoms with E-state index in [-0.39, 0.29) is 18.0 Å². The van der Waals surface area contributed by atoms with Crippen molar-refractivity contribution >= 4 is 12.0 Å². The Morgan fingerprint density at radius 2 is 2.00 bits per heavy atom. The van der Waals surface area contributed by atoms with Gasteiger partial charge in [0.05, 0.1) is 0 Å². The average molecular weight is 270 g/mol. The van der Waals surface area contributed by atoms with Crippen LogP contribution in [0.1, 0.15) is 40.5 Å². The molecule has 0 aromatic carbocycles. The molecule has 0 aliphatic carbocycles. The van der Waals surface area contributed by atoms with Crippen LogP contribution in [0.4, 0.5) is 4.79 Å². The topological polar surface area (TPSA) is 60.9 Å². The minimum Gasteiger partial charge on any atom is -0.480 e. The molecular weight excluding hydrogens is 244 g/mol. The number of carboxylic acids is 1. The molecule has 1 aliphatic heterocycles. The lowest BCUT2D eigenvalue weighted by Crippen LogP contribution is -2.45. The van der Waals surface area contributed by atoms with Gasteiger partial charge in [0, 0.05) is 19.6 Å². The van der Waals surface area contributed by atoms with E-state index in [0.29, 0.717) is 12.5 Å². The van der Waals surface area contributed by atoms with E-state index >= 15 is 0 Å². The first-order valence-corrected chi connectivity index (χ1v) is 7.01. The third-order valence-electron chi connectivity index (χ3n) is 3.77. The van der Waals surface area contributed by atoms with E-state index in [2.05, 4.69) is 20.8 Å². The number of urea groups is 1. The highest BCUT2D eigenvalue weighted by Crippen LogP contribution is 2.33. The number of aliphatic carboxylic acids is 1. The number of likely N-dealkylation sites (tertiary alicyclic amines) is 1. The Balaban J connectivity index is 2.63. The summed E-state index contributed by atoms with van der Waals surface area (Å²) in [4.78, 5) is 26.4. The van der Waals surface area contributed by atoms with Crippen LogP contribution in [-0.4, -0.2) is 53.1 Å². The van der Waals surface area contributed by atoms with Gasteiger partial charge in [0.1, 0.15) is 6.54 Å². The molecule has 1 saturated heterocycles. The van der Waals surface area contributed by atoms with Crippen LogP contribution in [0.15, 0.2) is 0 Å². The number of amides is 2. The molecule has 1 heterocycles. The van der Waals surface area contributed by atoms with Gasteiger partial charge in [0.25, 0.3) is 0 Å². The summed E-state index contributed by atoms with van der Waals surface area (Å²) < 4.78 is 0. The minimum atomic E-state index is -0.951. The molecule has 110 valence electrons. The smallest absolute Gasteiger partial charge is 0.323 e. The van der Waals surface area contributed by atoms with Gasteiger partial charge in [-0.25, -0.2) is 4.79 Å². The lowest BCUT2D eigenvalue weighted by atomic mass is 9.80. The summed E-state index contributed by atoms with van der Waals surface area (Å²) >= 11 is 0. The number of carbonyl (C=O) groups excluding carboxylic acids is 1. The Morgan fingerprint density at radius 3 is 2.42 bits per heavy atom. The van der Waals surface area contributed by atoms with Crippen molar-refractivity contribution in [3.05, 3.63) is 0 Å². The monoisotopic (exact) mass is 270 g/mol. The largest absolute Gasteiger partial charge is 0.480 e. The van der Waals surface area contributed by atoms with Crippen molar-refractivity contribution < 1.29 is 14.7 Å². The summed E-state index contributed by atoms with van der Waals surface area (Å²) in [5.74, 6) is -0.460. The fourth-order valence-corrected chi connectivity index (χ4v) is 2.52. The molecule has 1 unspecified atom stereocenters. The summed E-state index contributed by atoms with van der Waals surface area (Å²) in [7, 11) is 0. The summed E-state index contributed by atoms with van der Waals surface area (Å²) in [6, 6.07) is -0.129. The highest BCUT2D eigenvalue weighted by molar-refractivity contribution is 5.80. The van der Waals surface area contributed by atoms with E-state index in [9.17, 15) is 9.59 Å². The minimum absolute atomic E-state index is 0.129. The SMILES string of the molecule is CCCN(CC(=O)O)C(=O)N1CCC(C(C)(C)C)C1. The number of carbonyl (C=O) groups is 2. The molecular formula is C14H26N2O3. The maximum atomic E-state index is 12.3. The molecule has 0 spiro atoms. The van der Waals surface area contributed by atoms with Gasteiger partial charge in [-0.2, -0.15) is 0 Å². The molecule has 0 aromatic rings. The molecule has 0 saturated carbocycles. The van der Waals surface area contributed by atoms with Gasteiger partial charge in [0.2, 0.25) is 0 Å². The Hall–Kier alpha value is -1.26. The van der Waals surface area contributed by atoms with Gasteiger partial charge >= 0.3 is 12.0 Å². The molecule has 1 rings (SSSR count). The van der Waals surface area contributed by atoms with E-state index in [0.717, 1.165) is 25.9 Å². The lowest BCUT2D eigenvalue weighted by molar-refractivity contribution is -0.137. The molecule has 1 aliphatic rings. The second kappa shape index (κ2) is 6.26. The van der Waals surface area contributed by atoms with Crippen LogP contribution in [-0.2, 0) is 4.79 Å². The Kier molecular flexibility index (Phi) is 5.20. The predicted molar refractivity (Wildman–Crippen MR) is 74.0 cm³/mol. The number of hydrogen-bond donors (Lipinski definition) is 1. The van der Waals surface area contributed by atoms with Gasteiger partial charge in [-0.15, -0.1) is 0 Å². The first-order valence-electron chi connectivity index (χ1n) is 7.01. The third-order valence-corrected chi connectivity index (χ3v) is 3.77. The van der Waals surface area contributed by atoms with E-state index < -0.39 is 5.97 Å². The van der Waals surface area contributed by atoms with Crippen molar-refractivity contribution in [1.82, 2.24) is 9.80 Å². The van der Waals surface area contributed by atoms with Crippen molar-refractivity contribution in [2.24, 2.45) is 11.3 Å². The van der Waals surface area contributed by atoms with Crippen molar-refractivity contribution in [3.8, 4) is 0 Å². The molecule has 0 radical (unpaired) electrons. The van der Waals surface area contributed by atoms with Crippen LogP contribution in [0.5, 0.6) is 0 Å². The van der Waals surface area contributed by atoms with E-state index in [1.807, 2.05) is 6.92 Å².